The number of hydrogen-bond acceptors (Lipinski definition) is 4. The van der Waals surface area contributed by atoms with Gasteiger partial charge < -0.3 is 0 Å². The van der Waals surface area contributed by atoms with Crippen molar-refractivity contribution in [1.82, 2.24) is 0 Å². The molecule has 4 nitrogen and oxygen atoms in total. The third-order valence-corrected chi connectivity index (χ3v) is 10.4. The average Bonchev–Trinajstić information content (AvgIpc) is 2.67. The zero-order valence-electron chi connectivity index (χ0n) is 17.6. The van der Waals surface area contributed by atoms with E-state index in [4.69, 9.17) is 0 Å². The van der Waals surface area contributed by atoms with Crippen molar-refractivity contribution in [1.29, 1.82) is 0 Å². The Morgan fingerprint density at radius 3 is 1.41 bits per heavy atom. The molecule has 6 heteroatoms. The van der Waals surface area contributed by atoms with E-state index in [2.05, 4.69) is 6.92 Å². The highest BCUT2D eigenvalue weighted by molar-refractivity contribution is 8.09. The summed E-state index contributed by atoms with van der Waals surface area (Å²) in [6.07, 6.45) is 5.89. The second-order valence-corrected chi connectivity index (χ2v) is 12.3. The third-order valence-electron chi connectivity index (χ3n) is 5.18. The maximum absolute atomic E-state index is 13.3. The van der Waals surface area contributed by atoms with Crippen molar-refractivity contribution in [3.05, 3.63) is 59.7 Å². The Bertz CT molecular complexity index is 899. The number of hydrogen-bond donors (Lipinski definition) is 0. The van der Waals surface area contributed by atoms with Gasteiger partial charge in [0.25, 0.3) is 0 Å². The average molecular weight is 437 g/mol. The monoisotopic (exact) mass is 436 g/mol. The molecule has 0 aliphatic carbocycles. The smallest absolute Gasteiger partial charge is 0.195 e. The fourth-order valence-electron chi connectivity index (χ4n) is 3.33. The quantitative estimate of drug-likeness (QED) is 0.428. The maximum Gasteiger partial charge on any atom is 0.195 e. The summed E-state index contributed by atoms with van der Waals surface area (Å²) >= 11 is 0. The topological polar surface area (TPSA) is 68.3 Å². The lowest BCUT2D eigenvalue weighted by atomic mass is 10.1. The van der Waals surface area contributed by atoms with Crippen LogP contribution in [-0.2, 0) is 19.7 Å². The van der Waals surface area contributed by atoms with E-state index in [9.17, 15) is 16.8 Å². The number of sulfone groups is 2. The van der Waals surface area contributed by atoms with Crippen LogP contribution < -0.4 is 0 Å². The molecule has 0 saturated heterocycles. The van der Waals surface area contributed by atoms with Crippen molar-refractivity contribution in [3.8, 4) is 0 Å². The summed E-state index contributed by atoms with van der Waals surface area (Å²) in [7, 11) is -8.04. The molecular formula is C23H32O4S2. The second kappa shape index (κ2) is 10.4. The summed E-state index contributed by atoms with van der Waals surface area (Å²) < 4.78 is 51.8. The van der Waals surface area contributed by atoms with Crippen molar-refractivity contribution < 1.29 is 16.8 Å². The predicted molar refractivity (Wildman–Crippen MR) is 119 cm³/mol. The molecule has 0 fully saturated rings. The predicted octanol–water partition coefficient (Wildman–Crippen LogP) is 5.63. The summed E-state index contributed by atoms with van der Waals surface area (Å²) in [5.74, 6) is 0. The van der Waals surface area contributed by atoms with Crippen molar-refractivity contribution in [2.75, 3.05) is 0 Å². The molecule has 2 rings (SSSR count). The number of benzene rings is 2. The Hall–Kier alpha value is -1.66. The second-order valence-electron chi connectivity index (χ2n) is 7.70. The van der Waals surface area contributed by atoms with E-state index in [0.717, 1.165) is 43.2 Å². The van der Waals surface area contributed by atoms with Crippen LogP contribution in [-0.4, -0.2) is 21.4 Å². The highest BCUT2D eigenvalue weighted by Crippen LogP contribution is 2.30. The van der Waals surface area contributed by atoms with Gasteiger partial charge >= 0.3 is 0 Å². The van der Waals surface area contributed by atoms with E-state index in [1.54, 1.807) is 24.3 Å². The highest BCUT2D eigenvalue weighted by Gasteiger charge is 2.39. The van der Waals surface area contributed by atoms with Crippen LogP contribution >= 0.6 is 0 Å². The molecule has 29 heavy (non-hydrogen) atoms. The molecule has 0 spiro atoms. The molecule has 0 heterocycles. The SMILES string of the molecule is CCCCCCCCC(S(=O)(=O)c1ccc(C)cc1)S(=O)(=O)c1ccc(C)cc1. The van der Waals surface area contributed by atoms with Gasteiger partial charge in [0, 0.05) is 0 Å². The minimum atomic E-state index is -4.02. The van der Waals surface area contributed by atoms with Crippen molar-refractivity contribution in [2.45, 2.75) is 80.1 Å². The third kappa shape index (κ3) is 6.16. The minimum Gasteiger partial charge on any atom is -0.222 e. The molecule has 0 radical (unpaired) electrons. The number of rotatable bonds is 11. The Balaban J connectivity index is 2.34. The van der Waals surface area contributed by atoms with Crippen molar-refractivity contribution in [2.24, 2.45) is 0 Å². The fraction of sp³-hybridized carbons (Fsp3) is 0.478. The van der Waals surface area contributed by atoms with Crippen molar-refractivity contribution in [3.63, 3.8) is 0 Å². The standard InChI is InChI=1S/C23H32O4S2/c1-4-5-6-7-8-9-10-23(28(24,25)21-15-11-19(2)12-16-21)29(26,27)22-17-13-20(3)14-18-22/h11-18,23H,4-10H2,1-3H3. The molecule has 0 unspecified atom stereocenters. The lowest BCUT2D eigenvalue weighted by molar-refractivity contribution is 0.552. The van der Waals surface area contributed by atoms with Crippen molar-refractivity contribution >= 4 is 19.7 Å². The zero-order chi connectivity index (χ0) is 21.5. The van der Waals surface area contributed by atoms with Crippen LogP contribution in [0.4, 0.5) is 0 Å². The summed E-state index contributed by atoms with van der Waals surface area (Å²) in [6.45, 7) is 5.87. The Labute approximate surface area is 176 Å². The Morgan fingerprint density at radius 1 is 0.621 bits per heavy atom. The van der Waals surface area contributed by atoms with E-state index in [-0.39, 0.29) is 16.2 Å². The summed E-state index contributed by atoms with van der Waals surface area (Å²) in [6, 6.07) is 12.8. The molecule has 0 aliphatic heterocycles. The summed E-state index contributed by atoms with van der Waals surface area (Å²) in [4.78, 5) is 0.129. The van der Waals surface area contributed by atoms with Crippen LogP contribution in [0.2, 0.25) is 0 Å². The van der Waals surface area contributed by atoms with Crippen LogP contribution in [0.5, 0.6) is 0 Å². The van der Waals surface area contributed by atoms with Gasteiger partial charge in [-0.1, -0.05) is 80.8 Å². The highest BCUT2D eigenvalue weighted by atomic mass is 32.3. The first kappa shape index (κ1) is 23.6. The minimum absolute atomic E-state index is 0.0646. The van der Waals surface area contributed by atoms with Crippen LogP contribution in [0.15, 0.2) is 58.3 Å². The van der Waals surface area contributed by atoms with Crippen LogP contribution in [0, 0.1) is 13.8 Å². The van der Waals surface area contributed by atoms with E-state index >= 15 is 0 Å². The molecule has 0 amide bonds. The van der Waals surface area contributed by atoms with Gasteiger partial charge in [0.2, 0.25) is 0 Å². The van der Waals surface area contributed by atoms with Gasteiger partial charge in [0.1, 0.15) is 0 Å². The molecule has 0 saturated carbocycles. The summed E-state index contributed by atoms with van der Waals surface area (Å²) in [5.41, 5.74) is 1.86. The van der Waals surface area contributed by atoms with E-state index in [0.29, 0.717) is 6.42 Å². The number of aryl methyl sites for hydroxylation is 2. The van der Waals surface area contributed by atoms with Crippen LogP contribution in [0.25, 0.3) is 0 Å². The van der Waals surface area contributed by atoms with Gasteiger partial charge in [0.05, 0.1) is 9.79 Å². The van der Waals surface area contributed by atoms with Gasteiger partial charge in [0.15, 0.2) is 24.3 Å². The van der Waals surface area contributed by atoms with Gasteiger partial charge in [-0.15, -0.1) is 0 Å². The Kier molecular flexibility index (Phi) is 8.46. The molecule has 0 aromatic heterocycles. The first-order valence-electron chi connectivity index (χ1n) is 10.3. The number of unbranched alkanes of at least 4 members (excludes halogenated alkanes) is 5. The zero-order valence-corrected chi connectivity index (χ0v) is 19.2. The van der Waals surface area contributed by atoms with E-state index in [1.165, 1.54) is 24.3 Å². The lowest BCUT2D eigenvalue weighted by Crippen LogP contribution is -2.31. The van der Waals surface area contributed by atoms with Gasteiger partial charge in [-0.05, 0) is 44.5 Å². The van der Waals surface area contributed by atoms with Gasteiger partial charge in [-0.2, -0.15) is 0 Å². The lowest BCUT2D eigenvalue weighted by Gasteiger charge is -2.19. The molecule has 2 aromatic rings. The molecule has 2 aromatic carbocycles. The molecule has 0 bridgehead atoms. The molecule has 0 N–H and O–H groups in total. The molecule has 0 atom stereocenters. The van der Waals surface area contributed by atoms with E-state index in [1.807, 2.05) is 13.8 Å². The van der Waals surface area contributed by atoms with Crippen LogP contribution in [0.1, 0.15) is 63.0 Å². The first-order chi connectivity index (χ1) is 13.7. The normalized spacial score (nSPS) is 12.4. The van der Waals surface area contributed by atoms with E-state index < -0.39 is 24.3 Å². The van der Waals surface area contributed by atoms with Crippen LogP contribution in [0.3, 0.4) is 0 Å². The van der Waals surface area contributed by atoms with Gasteiger partial charge in [-0.3, -0.25) is 0 Å². The largest absolute Gasteiger partial charge is 0.222 e. The maximum atomic E-state index is 13.3. The molecule has 160 valence electrons. The fourth-order valence-corrected chi connectivity index (χ4v) is 7.92. The molecule has 0 aliphatic rings. The molecular weight excluding hydrogens is 404 g/mol. The van der Waals surface area contributed by atoms with Gasteiger partial charge in [-0.25, -0.2) is 16.8 Å². The Morgan fingerprint density at radius 2 is 1.00 bits per heavy atom. The summed E-state index contributed by atoms with van der Waals surface area (Å²) in [5, 5.41) is 0. The first-order valence-corrected chi connectivity index (χ1v) is 13.4.